The number of hydrogen-bond donors (Lipinski definition) is 2. The molecule has 0 aliphatic carbocycles. The van der Waals surface area contributed by atoms with Crippen LogP contribution < -0.4 is 10.6 Å². The molecule has 3 N–H and O–H groups in total. The second-order valence-electron chi connectivity index (χ2n) is 6.12. The molecule has 0 radical (unpaired) electrons. The summed E-state index contributed by atoms with van der Waals surface area (Å²) >= 11 is 0. The first-order chi connectivity index (χ1) is 10.1. The van der Waals surface area contributed by atoms with Crippen molar-refractivity contribution in [2.24, 2.45) is 11.7 Å². The molecule has 3 rings (SSSR count). The van der Waals surface area contributed by atoms with Crippen LogP contribution >= 0.6 is 0 Å². The molecule has 0 amide bonds. The second kappa shape index (κ2) is 5.85. The average Bonchev–Trinajstić information content (AvgIpc) is 2.90. The monoisotopic (exact) mass is 285 g/mol. The third kappa shape index (κ3) is 3.24. The summed E-state index contributed by atoms with van der Waals surface area (Å²) in [6, 6.07) is 8.69. The molecule has 1 aromatic heterocycles. The van der Waals surface area contributed by atoms with Gasteiger partial charge < -0.3 is 10.6 Å². The minimum absolute atomic E-state index is 0.206. The first-order valence-corrected chi connectivity index (χ1v) is 7.59. The molecule has 2 atom stereocenters. The number of piperidine rings is 1. The van der Waals surface area contributed by atoms with Gasteiger partial charge >= 0.3 is 0 Å². The van der Waals surface area contributed by atoms with Gasteiger partial charge in [-0.05, 0) is 24.8 Å². The molecule has 5 heteroatoms. The van der Waals surface area contributed by atoms with Gasteiger partial charge in [-0.1, -0.05) is 36.8 Å². The van der Waals surface area contributed by atoms with Crippen molar-refractivity contribution in [2.75, 3.05) is 18.0 Å². The molecule has 2 unspecified atom stereocenters. The van der Waals surface area contributed by atoms with Crippen molar-refractivity contribution < 1.29 is 0 Å². The molecule has 2 aromatic rings. The van der Waals surface area contributed by atoms with Gasteiger partial charge in [-0.3, -0.25) is 5.10 Å². The Kier molecular flexibility index (Phi) is 3.92. The van der Waals surface area contributed by atoms with E-state index >= 15 is 0 Å². The van der Waals surface area contributed by atoms with Gasteiger partial charge in [0.2, 0.25) is 5.95 Å². The molecule has 1 aliphatic rings. The number of hydrogen-bond acceptors (Lipinski definition) is 4. The summed E-state index contributed by atoms with van der Waals surface area (Å²) in [4.78, 5) is 6.80. The highest BCUT2D eigenvalue weighted by atomic mass is 15.4. The van der Waals surface area contributed by atoms with Gasteiger partial charge in [0.05, 0.1) is 0 Å². The van der Waals surface area contributed by atoms with E-state index in [0.717, 1.165) is 37.7 Å². The Bertz CT molecular complexity index is 606. The third-order valence-corrected chi connectivity index (χ3v) is 4.27. The topological polar surface area (TPSA) is 70.8 Å². The largest absolute Gasteiger partial charge is 0.338 e. The lowest BCUT2D eigenvalue weighted by molar-refractivity contribution is 0.376. The molecule has 1 aliphatic heterocycles. The van der Waals surface area contributed by atoms with Gasteiger partial charge in [-0.25, -0.2) is 0 Å². The molecule has 0 spiro atoms. The number of anilines is 1. The van der Waals surface area contributed by atoms with Crippen molar-refractivity contribution in [3.8, 4) is 0 Å². The Morgan fingerprint density at radius 3 is 3.05 bits per heavy atom. The molecular weight excluding hydrogens is 262 g/mol. The molecule has 1 fully saturated rings. The van der Waals surface area contributed by atoms with Gasteiger partial charge in [-0.15, -0.1) is 5.10 Å². The van der Waals surface area contributed by atoms with Crippen LogP contribution in [0.2, 0.25) is 0 Å². The van der Waals surface area contributed by atoms with Crippen molar-refractivity contribution in [2.45, 2.75) is 32.7 Å². The van der Waals surface area contributed by atoms with E-state index in [1.807, 2.05) is 0 Å². The normalized spacial score (nSPS) is 22.5. The summed E-state index contributed by atoms with van der Waals surface area (Å²) in [6.45, 7) is 6.13. The first kappa shape index (κ1) is 14.1. The van der Waals surface area contributed by atoms with Crippen molar-refractivity contribution >= 4 is 5.95 Å². The number of H-pyrrole nitrogens is 1. The van der Waals surface area contributed by atoms with Gasteiger partial charge in [-0.2, -0.15) is 4.98 Å². The van der Waals surface area contributed by atoms with E-state index in [1.165, 1.54) is 11.1 Å². The van der Waals surface area contributed by atoms with E-state index in [9.17, 15) is 0 Å². The van der Waals surface area contributed by atoms with Gasteiger partial charge in [0.25, 0.3) is 0 Å². The highest BCUT2D eigenvalue weighted by Gasteiger charge is 2.25. The van der Waals surface area contributed by atoms with Crippen molar-refractivity contribution in [1.29, 1.82) is 0 Å². The van der Waals surface area contributed by atoms with Crippen molar-refractivity contribution in [3.63, 3.8) is 0 Å². The third-order valence-electron chi connectivity index (χ3n) is 4.27. The smallest absolute Gasteiger partial charge is 0.244 e. The van der Waals surface area contributed by atoms with Crippen LogP contribution in [0.1, 0.15) is 30.3 Å². The predicted molar refractivity (Wildman–Crippen MR) is 84.3 cm³/mol. The van der Waals surface area contributed by atoms with Gasteiger partial charge in [0, 0.05) is 25.6 Å². The van der Waals surface area contributed by atoms with E-state index in [1.54, 1.807) is 0 Å². The summed E-state index contributed by atoms with van der Waals surface area (Å²) < 4.78 is 0. The SMILES string of the molecule is Cc1cccc(Cc2nc(N3CCC(C)C(N)C3)n[nH]2)c1. The Morgan fingerprint density at radius 2 is 2.29 bits per heavy atom. The van der Waals surface area contributed by atoms with E-state index in [0.29, 0.717) is 5.92 Å². The van der Waals surface area contributed by atoms with Gasteiger partial charge in [0.15, 0.2) is 0 Å². The predicted octanol–water partition coefficient (Wildman–Crippen LogP) is 1.88. The molecule has 0 bridgehead atoms. The highest BCUT2D eigenvalue weighted by Crippen LogP contribution is 2.20. The van der Waals surface area contributed by atoms with Crippen molar-refractivity contribution in [1.82, 2.24) is 15.2 Å². The summed E-state index contributed by atoms with van der Waals surface area (Å²) in [5.41, 5.74) is 8.66. The fourth-order valence-electron chi connectivity index (χ4n) is 2.80. The molecular formula is C16H23N5. The molecule has 21 heavy (non-hydrogen) atoms. The van der Waals surface area contributed by atoms with Crippen LogP contribution in [0.4, 0.5) is 5.95 Å². The maximum Gasteiger partial charge on any atom is 0.244 e. The Labute approximate surface area is 125 Å². The van der Waals surface area contributed by atoms with Crippen LogP contribution in [0.15, 0.2) is 24.3 Å². The maximum absolute atomic E-state index is 6.15. The molecule has 1 aromatic carbocycles. The van der Waals surface area contributed by atoms with Crippen LogP contribution in [0.5, 0.6) is 0 Å². The van der Waals surface area contributed by atoms with Gasteiger partial charge in [0.1, 0.15) is 5.82 Å². The van der Waals surface area contributed by atoms with Crippen LogP contribution in [0, 0.1) is 12.8 Å². The number of nitrogens with two attached hydrogens (primary N) is 1. The molecule has 2 heterocycles. The van der Waals surface area contributed by atoms with Crippen LogP contribution in [0.25, 0.3) is 0 Å². The Hall–Kier alpha value is -1.88. The number of benzene rings is 1. The van der Waals surface area contributed by atoms with Crippen molar-refractivity contribution in [3.05, 3.63) is 41.2 Å². The fourth-order valence-corrected chi connectivity index (χ4v) is 2.80. The number of aromatic nitrogens is 3. The summed E-state index contributed by atoms with van der Waals surface area (Å²) in [5.74, 6) is 2.26. The number of nitrogens with one attached hydrogen (secondary N) is 1. The van der Waals surface area contributed by atoms with E-state index in [-0.39, 0.29) is 6.04 Å². The Morgan fingerprint density at radius 1 is 1.43 bits per heavy atom. The zero-order valence-corrected chi connectivity index (χ0v) is 12.7. The number of rotatable bonds is 3. The lowest BCUT2D eigenvalue weighted by Crippen LogP contribution is -2.48. The summed E-state index contributed by atoms with van der Waals surface area (Å²) in [7, 11) is 0. The number of aromatic amines is 1. The lowest BCUT2D eigenvalue weighted by Gasteiger charge is -2.34. The number of nitrogens with zero attached hydrogens (tertiary/aromatic N) is 3. The van der Waals surface area contributed by atoms with E-state index < -0.39 is 0 Å². The number of aryl methyl sites for hydroxylation is 1. The zero-order valence-electron chi connectivity index (χ0n) is 12.7. The Balaban J connectivity index is 1.69. The van der Waals surface area contributed by atoms with Crippen LogP contribution in [-0.4, -0.2) is 34.3 Å². The van der Waals surface area contributed by atoms with E-state index in [4.69, 9.17) is 5.73 Å². The fraction of sp³-hybridized carbons (Fsp3) is 0.500. The molecule has 1 saturated heterocycles. The minimum Gasteiger partial charge on any atom is -0.338 e. The minimum atomic E-state index is 0.206. The van der Waals surface area contributed by atoms with E-state index in [2.05, 4.69) is 58.2 Å². The quantitative estimate of drug-likeness (QED) is 0.903. The first-order valence-electron chi connectivity index (χ1n) is 7.59. The van der Waals surface area contributed by atoms with Crippen LogP contribution in [0.3, 0.4) is 0 Å². The lowest BCUT2D eigenvalue weighted by atomic mass is 9.95. The molecule has 0 saturated carbocycles. The maximum atomic E-state index is 6.15. The average molecular weight is 285 g/mol. The zero-order chi connectivity index (χ0) is 14.8. The standard InChI is InChI=1S/C16H23N5/c1-11-4-3-5-13(8-11)9-15-18-16(20-19-15)21-7-6-12(2)14(17)10-21/h3-5,8,12,14H,6-7,9-10,17H2,1-2H3,(H,18,19,20). The summed E-state index contributed by atoms with van der Waals surface area (Å²) in [6.07, 6.45) is 1.88. The summed E-state index contributed by atoms with van der Waals surface area (Å²) in [5, 5.41) is 7.41. The second-order valence-corrected chi connectivity index (χ2v) is 6.12. The highest BCUT2D eigenvalue weighted by molar-refractivity contribution is 5.32. The van der Waals surface area contributed by atoms with Crippen LogP contribution in [-0.2, 0) is 6.42 Å². The molecule has 5 nitrogen and oxygen atoms in total. The molecule has 112 valence electrons.